The number of hydrogen-bond donors (Lipinski definition) is 2. The third-order valence-electron chi connectivity index (χ3n) is 7.09. The van der Waals surface area contributed by atoms with E-state index in [9.17, 15) is 19.1 Å². The van der Waals surface area contributed by atoms with Crippen LogP contribution in [0, 0.1) is 12.7 Å². The summed E-state index contributed by atoms with van der Waals surface area (Å²) in [5, 5.41) is 18.9. The summed E-state index contributed by atoms with van der Waals surface area (Å²) < 4.78 is 28.6. The van der Waals surface area contributed by atoms with Crippen molar-refractivity contribution in [1.82, 2.24) is 24.1 Å². The van der Waals surface area contributed by atoms with Crippen LogP contribution in [-0.2, 0) is 16.5 Å². The van der Waals surface area contributed by atoms with Crippen molar-refractivity contribution < 1.29 is 28.6 Å². The minimum absolute atomic E-state index is 0.0251. The molecule has 4 aromatic rings. The third kappa shape index (κ3) is 5.82. The molecule has 4 heterocycles. The van der Waals surface area contributed by atoms with Gasteiger partial charge in [-0.2, -0.15) is 5.10 Å². The van der Waals surface area contributed by atoms with Gasteiger partial charge in [-0.15, -0.1) is 0 Å². The van der Waals surface area contributed by atoms with E-state index in [1.807, 2.05) is 20.8 Å². The third-order valence-corrected chi connectivity index (χ3v) is 7.09. The first-order valence-corrected chi connectivity index (χ1v) is 13.7. The van der Waals surface area contributed by atoms with E-state index in [4.69, 9.17) is 9.47 Å². The van der Waals surface area contributed by atoms with Crippen molar-refractivity contribution in [3.05, 3.63) is 47.8 Å². The fourth-order valence-corrected chi connectivity index (χ4v) is 5.34. The Morgan fingerprint density at radius 2 is 2.00 bits per heavy atom. The number of carbonyl (C=O) groups excluding carboxylic acids is 2. The number of anilines is 2. The number of phenolic OH excluding ortho intramolecular Hbond substituents is 1. The lowest BCUT2D eigenvalue weighted by Crippen LogP contribution is -2.46. The lowest BCUT2D eigenvalue weighted by atomic mass is 10.1. The highest BCUT2D eigenvalue weighted by atomic mass is 19.1. The average molecular weight is 582 g/mol. The van der Waals surface area contributed by atoms with Crippen LogP contribution in [0.5, 0.6) is 5.75 Å². The average Bonchev–Trinajstić information content (AvgIpc) is 3.60. The van der Waals surface area contributed by atoms with E-state index in [2.05, 4.69) is 20.3 Å². The predicted octanol–water partition coefficient (Wildman–Crippen LogP) is 4.09. The van der Waals surface area contributed by atoms with Crippen molar-refractivity contribution in [1.29, 1.82) is 0 Å². The number of halogens is 1. The molecule has 0 aliphatic carbocycles. The summed E-state index contributed by atoms with van der Waals surface area (Å²) in [4.78, 5) is 34.3. The van der Waals surface area contributed by atoms with Gasteiger partial charge in [0.2, 0.25) is 0 Å². The summed E-state index contributed by atoms with van der Waals surface area (Å²) in [5.41, 5.74) is 1.32. The van der Waals surface area contributed by atoms with Gasteiger partial charge in [-0.25, -0.2) is 14.2 Å². The van der Waals surface area contributed by atoms with Crippen molar-refractivity contribution in [3.63, 3.8) is 0 Å². The van der Waals surface area contributed by atoms with Crippen LogP contribution in [0.3, 0.4) is 0 Å². The lowest BCUT2D eigenvalue weighted by molar-refractivity contribution is 0.0123. The summed E-state index contributed by atoms with van der Waals surface area (Å²) in [6, 6.07) is 2.57. The summed E-state index contributed by atoms with van der Waals surface area (Å²) in [7, 11) is 3.32. The maximum Gasteiger partial charge on any atom is 0.410 e. The van der Waals surface area contributed by atoms with Crippen LogP contribution >= 0.6 is 0 Å². The number of aryl methyl sites for hydroxylation is 2. The number of nitrogens with zero attached hydrogens (tertiary/aromatic N) is 6. The number of hydrogen-bond acceptors (Lipinski definition) is 8. The molecular weight excluding hydrogens is 545 g/mol. The maximum atomic E-state index is 14.6. The Morgan fingerprint density at radius 3 is 2.71 bits per heavy atom. The molecule has 13 heteroatoms. The number of rotatable bonds is 7. The fraction of sp³-hybridized carbons (Fsp3) is 0.448. The van der Waals surface area contributed by atoms with Gasteiger partial charge in [-0.1, -0.05) is 0 Å². The second kappa shape index (κ2) is 11.1. The number of fused-ring (bicyclic) bond motifs is 2. The van der Waals surface area contributed by atoms with Crippen LogP contribution in [0.4, 0.5) is 20.6 Å². The van der Waals surface area contributed by atoms with E-state index < -0.39 is 23.4 Å². The molecular formula is C29H36FN7O5. The van der Waals surface area contributed by atoms with E-state index in [-0.39, 0.29) is 28.7 Å². The van der Waals surface area contributed by atoms with Crippen molar-refractivity contribution in [2.24, 2.45) is 7.05 Å². The van der Waals surface area contributed by atoms with Gasteiger partial charge in [-0.3, -0.25) is 9.48 Å². The van der Waals surface area contributed by atoms with Gasteiger partial charge in [0.15, 0.2) is 11.5 Å². The Hall–Kier alpha value is -4.39. The zero-order chi connectivity index (χ0) is 30.3. The maximum absolute atomic E-state index is 14.6. The highest BCUT2D eigenvalue weighted by Crippen LogP contribution is 2.37. The van der Waals surface area contributed by atoms with Crippen molar-refractivity contribution in [2.45, 2.75) is 45.8 Å². The molecule has 1 saturated heterocycles. The first-order valence-electron chi connectivity index (χ1n) is 13.7. The van der Waals surface area contributed by atoms with Crippen LogP contribution < -0.4 is 10.2 Å². The van der Waals surface area contributed by atoms with Gasteiger partial charge in [0, 0.05) is 69.9 Å². The molecule has 5 rings (SSSR count). The smallest absolute Gasteiger partial charge is 0.410 e. The Balaban J connectivity index is 1.43. The molecule has 0 saturated carbocycles. The van der Waals surface area contributed by atoms with Crippen LogP contribution in [0.25, 0.3) is 16.6 Å². The van der Waals surface area contributed by atoms with Crippen LogP contribution in [0.1, 0.15) is 43.2 Å². The summed E-state index contributed by atoms with van der Waals surface area (Å²) in [6.45, 7) is 9.07. The monoisotopic (exact) mass is 581 g/mol. The number of amides is 2. The summed E-state index contributed by atoms with van der Waals surface area (Å²) in [6.07, 6.45) is 5.26. The number of carbonyl (C=O) groups is 2. The zero-order valence-corrected chi connectivity index (χ0v) is 24.6. The largest absolute Gasteiger partial charge is 0.507 e. The Morgan fingerprint density at radius 1 is 1.24 bits per heavy atom. The molecule has 0 bridgehead atoms. The van der Waals surface area contributed by atoms with Crippen molar-refractivity contribution >= 4 is 39.9 Å². The topological polar surface area (TPSA) is 126 Å². The predicted molar refractivity (Wildman–Crippen MR) is 156 cm³/mol. The number of aromatic nitrogens is 4. The molecule has 12 nitrogen and oxygen atoms in total. The lowest BCUT2D eigenvalue weighted by Gasteiger charge is -2.31. The first-order chi connectivity index (χ1) is 19.8. The number of ether oxygens (including phenoxy) is 2. The Labute approximate surface area is 242 Å². The summed E-state index contributed by atoms with van der Waals surface area (Å²) >= 11 is 0. The molecule has 1 aliphatic rings. The van der Waals surface area contributed by atoms with E-state index in [1.54, 1.807) is 49.3 Å². The molecule has 224 valence electrons. The normalized spacial score (nSPS) is 15.5. The van der Waals surface area contributed by atoms with Crippen LogP contribution in [-0.4, -0.2) is 86.2 Å². The Bertz CT molecular complexity index is 1660. The number of methoxy groups -OCH3 is 1. The van der Waals surface area contributed by atoms with Crippen molar-refractivity contribution in [3.8, 4) is 5.75 Å². The van der Waals surface area contributed by atoms with Crippen LogP contribution in [0.2, 0.25) is 0 Å². The molecule has 2 amide bonds. The minimum atomic E-state index is -0.639. The molecule has 42 heavy (non-hydrogen) atoms. The molecule has 2 N–H and O–H groups in total. The minimum Gasteiger partial charge on any atom is -0.507 e. The van der Waals surface area contributed by atoms with E-state index in [0.717, 1.165) is 0 Å². The number of benzene rings is 1. The van der Waals surface area contributed by atoms with Gasteiger partial charge in [-0.05, 0) is 34.1 Å². The van der Waals surface area contributed by atoms with Gasteiger partial charge in [0.1, 0.15) is 22.4 Å². The molecule has 1 aliphatic heterocycles. The van der Waals surface area contributed by atoms with E-state index in [0.29, 0.717) is 54.9 Å². The molecule has 1 atom stereocenters. The van der Waals surface area contributed by atoms with Gasteiger partial charge in [0.05, 0.1) is 29.7 Å². The number of nitrogens with one attached hydrogen (secondary N) is 1. The number of pyridine rings is 1. The number of imidazole rings is 1. The highest BCUT2D eigenvalue weighted by molar-refractivity contribution is 6.16. The zero-order valence-electron chi connectivity index (χ0n) is 24.6. The molecule has 1 aromatic carbocycles. The first kappa shape index (κ1) is 29.1. The quantitative estimate of drug-likeness (QED) is 0.334. The van der Waals surface area contributed by atoms with Crippen LogP contribution in [0.15, 0.2) is 30.7 Å². The highest BCUT2D eigenvalue weighted by Gasteiger charge is 2.35. The van der Waals surface area contributed by atoms with Gasteiger partial charge in [0.25, 0.3) is 5.91 Å². The van der Waals surface area contributed by atoms with Gasteiger partial charge < -0.3 is 34.1 Å². The second-order valence-corrected chi connectivity index (χ2v) is 11.6. The second-order valence-electron chi connectivity index (χ2n) is 11.6. The fourth-order valence-electron chi connectivity index (χ4n) is 5.34. The number of aromatic hydroxyl groups is 1. The van der Waals surface area contributed by atoms with Crippen molar-refractivity contribution in [2.75, 3.05) is 43.6 Å². The number of phenols is 1. The molecule has 0 unspecified atom stereocenters. The van der Waals surface area contributed by atoms with Gasteiger partial charge >= 0.3 is 6.09 Å². The summed E-state index contributed by atoms with van der Waals surface area (Å²) in [5.74, 6) is -1.48. The molecule has 0 spiro atoms. The Kier molecular flexibility index (Phi) is 7.71. The molecule has 3 aromatic heterocycles. The SMILES string of the molecule is COCCN(C(=O)OC(C)(C)C)[C@@H]1CCN(c2cc(O)c(C(=O)Nc3cc(F)c4nc(C)cn4c3)c3nn(C)cc23)C1. The molecule has 0 radical (unpaired) electrons. The van der Waals surface area contributed by atoms with E-state index in [1.165, 1.54) is 16.5 Å². The standard InChI is InChI=1S/C29H36FN7O5/c1-17-13-36-14-18(11-21(30)26(36)31-17)32-27(39)24-23(38)12-22(20-16-34(5)33-25(20)24)35-8-7-19(15-35)37(9-10-41-6)28(40)42-29(2,3)4/h11-14,16,19,38H,7-10,15H2,1-6H3,(H,32,39)/t19-/m1/s1. The van der Waals surface area contributed by atoms with E-state index >= 15 is 0 Å². The molecule has 1 fully saturated rings.